The Morgan fingerprint density at radius 1 is 1.24 bits per heavy atom. The molecule has 1 atom stereocenters. The van der Waals surface area contributed by atoms with E-state index in [-0.39, 0.29) is 12.3 Å². The van der Waals surface area contributed by atoms with Crippen LogP contribution in [0.25, 0.3) is 0 Å². The Balaban J connectivity index is 2.26. The van der Waals surface area contributed by atoms with E-state index >= 15 is 0 Å². The highest BCUT2D eigenvalue weighted by atomic mass is 19.1. The molecule has 1 heterocycles. The van der Waals surface area contributed by atoms with Crippen LogP contribution in [0.3, 0.4) is 0 Å². The molecule has 0 spiro atoms. The molecule has 0 amide bonds. The van der Waals surface area contributed by atoms with Crippen molar-refractivity contribution >= 4 is 12.6 Å². The number of hydrogen-bond acceptors (Lipinski definition) is 4. The molecule has 0 fully saturated rings. The summed E-state index contributed by atoms with van der Waals surface area (Å²) in [5.41, 5.74) is 0.425. The van der Waals surface area contributed by atoms with E-state index < -0.39 is 11.4 Å². The quantitative estimate of drug-likeness (QED) is 0.850. The van der Waals surface area contributed by atoms with Crippen LogP contribution in [0.1, 0.15) is 21.5 Å². The van der Waals surface area contributed by atoms with Gasteiger partial charge in [0.1, 0.15) is 23.4 Å². The fraction of sp³-hybridized carbons (Fsp3) is 0.125. The molecular formula is C16H13FN2O2. The predicted octanol–water partition coefficient (Wildman–Crippen LogP) is 2.22. The minimum Gasteiger partial charge on any atom is -0.508 e. The summed E-state index contributed by atoms with van der Waals surface area (Å²) < 4.78 is 13.7. The van der Waals surface area contributed by atoms with Gasteiger partial charge in [0.25, 0.3) is 0 Å². The molecule has 21 heavy (non-hydrogen) atoms. The third-order valence-corrected chi connectivity index (χ3v) is 3.70. The molecule has 106 valence electrons. The second kappa shape index (κ2) is 5.01. The highest BCUT2D eigenvalue weighted by molar-refractivity contribution is 5.80. The Hall–Kier alpha value is -2.69. The highest BCUT2D eigenvalue weighted by Gasteiger charge is 2.39. The van der Waals surface area contributed by atoms with Crippen LogP contribution < -0.4 is 5.32 Å². The lowest BCUT2D eigenvalue weighted by Crippen LogP contribution is -2.42. The molecule has 3 rings (SSSR count). The third-order valence-electron chi connectivity index (χ3n) is 3.70. The molecule has 0 saturated heterocycles. The zero-order chi connectivity index (χ0) is 14.9. The van der Waals surface area contributed by atoms with Crippen LogP contribution in [0, 0.1) is 5.82 Å². The van der Waals surface area contributed by atoms with Gasteiger partial charge >= 0.3 is 0 Å². The Morgan fingerprint density at radius 2 is 2.05 bits per heavy atom. The minimum absolute atomic E-state index is 0.0663. The van der Waals surface area contributed by atoms with Crippen molar-refractivity contribution in [1.29, 1.82) is 0 Å². The summed E-state index contributed by atoms with van der Waals surface area (Å²) >= 11 is 0. The molecule has 0 bridgehead atoms. The summed E-state index contributed by atoms with van der Waals surface area (Å²) in [6.07, 6.45) is 2.18. The molecule has 2 N–H and O–H groups in total. The van der Waals surface area contributed by atoms with E-state index in [9.17, 15) is 14.3 Å². The summed E-state index contributed by atoms with van der Waals surface area (Å²) in [5, 5.41) is 13.2. The molecule has 4 nitrogen and oxygen atoms in total. The van der Waals surface area contributed by atoms with Gasteiger partial charge in [-0.2, -0.15) is 0 Å². The van der Waals surface area contributed by atoms with E-state index in [1.54, 1.807) is 24.3 Å². The second-order valence-corrected chi connectivity index (χ2v) is 4.89. The van der Waals surface area contributed by atoms with Crippen molar-refractivity contribution in [2.75, 3.05) is 6.54 Å². The first-order valence-corrected chi connectivity index (χ1v) is 6.47. The first kappa shape index (κ1) is 13.3. The maximum absolute atomic E-state index is 13.7. The number of phenols is 1. The van der Waals surface area contributed by atoms with Crippen LogP contribution in [0.2, 0.25) is 0 Å². The van der Waals surface area contributed by atoms with Crippen molar-refractivity contribution in [3.05, 3.63) is 65.0 Å². The molecule has 2 aromatic carbocycles. The standard InChI is InChI=1S/C16H13FN2O2/c17-12-6-5-11(8-20)14(7-12)16(9-18-10-19-16)13-3-1-2-4-15(13)21/h1-8,10,21H,9H2,(H,18,19). The Kier molecular flexibility index (Phi) is 3.17. The number of carbonyl (C=O) groups excluding carboxylic acids is 1. The molecule has 0 radical (unpaired) electrons. The predicted molar refractivity (Wildman–Crippen MR) is 77.2 cm³/mol. The van der Waals surface area contributed by atoms with Crippen LogP contribution in [-0.2, 0) is 5.54 Å². The number of nitrogens with one attached hydrogen (secondary N) is 1. The smallest absolute Gasteiger partial charge is 0.150 e. The van der Waals surface area contributed by atoms with Crippen LogP contribution in [-0.4, -0.2) is 24.3 Å². The average Bonchev–Trinajstić information content (AvgIpc) is 2.98. The Labute approximate surface area is 121 Å². The van der Waals surface area contributed by atoms with E-state index in [1.165, 1.54) is 24.5 Å². The normalized spacial score (nSPS) is 20.2. The zero-order valence-corrected chi connectivity index (χ0v) is 11.1. The molecule has 1 aliphatic rings. The van der Waals surface area contributed by atoms with Crippen LogP contribution >= 0.6 is 0 Å². The molecular weight excluding hydrogens is 271 g/mol. The van der Waals surface area contributed by atoms with Crippen LogP contribution in [0.15, 0.2) is 47.5 Å². The van der Waals surface area contributed by atoms with Gasteiger partial charge in [0.2, 0.25) is 0 Å². The van der Waals surface area contributed by atoms with E-state index in [4.69, 9.17) is 0 Å². The van der Waals surface area contributed by atoms with Crippen molar-refractivity contribution in [2.24, 2.45) is 4.99 Å². The minimum atomic E-state index is -0.941. The Bertz CT molecular complexity index is 720. The molecule has 0 aliphatic carbocycles. The number of benzene rings is 2. The number of rotatable bonds is 3. The van der Waals surface area contributed by atoms with Crippen molar-refractivity contribution < 1.29 is 14.3 Å². The van der Waals surface area contributed by atoms with Crippen molar-refractivity contribution in [3.8, 4) is 5.75 Å². The Morgan fingerprint density at radius 3 is 2.71 bits per heavy atom. The zero-order valence-electron chi connectivity index (χ0n) is 11.1. The monoisotopic (exact) mass is 284 g/mol. The number of halogens is 1. The van der Waals surface area contributed by atoms with Gasteiger partial charge in [0, 0.05) is 11.1 Å². The van der Waals surface area contributed by atoms with Gasteiger partial charge in [-0.15, -0.1) is 0 Å². The second-order valence-electron chi connectivity index (χ2n) is 4.89. The van der Waals surface area contributed by atoms with E-state index in [2.05, 4.69) is 10.3 Å². The van der Waals surface area contributed by atoms with E-state index in [0.29, 0.717) is 23.0 Å². The maximum atomic E-state index is 13.7. The number of carbonyl (C=O) groups is 1. The van der Waals surface area contributed by atoms with Crippen molar-refractivity contribution in [2.45, 2.75) is 5.54 Å². The van der Waals surface area contributed by atoms with E-state index in [1.807, 2.05) is 0 Å². The van der Waals surface area contributed by atoms with Crippen molar-refractivity contribution in [1.82, 2.24) is 5.32 Å². The molecule has 1 aliphatic heterocycles. The van der Waals surface area contributed by atoms with Gasteiger partial charge in [-0.05, 0) is 29.8 Å². The number of nitrogens with zero attached hydrogens (tertiary/aromatic N) is 1. The third kappa shape index (κ3) is 2.07. The molecule has 1 unspecified atom stereocenters. The summed E-state index contributed by atoms with van der Waals surface area (Å²) in [6.45, 7) is 0.273. The number of aldehydes is 1. The molecule has 2 aromatic rings. The molecule has 5 heteroatoms. The number of para-hydroxylation sites is 1. The summed E-state index contributed by atoms with van der Waals surface area (Å²) in [5.74, 6) is -0.379. The van der Waals surface area contributed by atoms with Gasteiger partial charge in [0.15, 0.2) is 0 Å². The van der Waals surface area contributed by atoms with Gasteiger partial charge in [-0.25, -0.2) is 4.39 Å². The summed E-state index contributed by atoms with van der Waals surface area (Å²) in [6, 6.07) is 10.7. The average molecular weight is 284 g/mol. The molecule has 0 saturated carbocycles. The largest absolute Gasteiger partial charge is 0.508 e. The lowest BCUT2D eigenvalue weighted by molar-refractivity contribution is 0.112. The number of aliphatic imine (C=N–C) groups is 1. The van der Waals surface area contributed by atoms with E-state index in [0.717, 1.165) is 0 Å². The van der Waals surface area contributed by atoms with Gasteiger partial charge in [0.05, 0.1) is 12.9 Å². The SMILES string of the molecule is O=Cc1ccc(F)cc1C1(c2ccccc2O)CN=CN1. The topological polar surface area (TPSA) is 61.7 Å². The number of hydrogen-bond donors (Lipinski definition) is 2. The number of phenolic OH excluding ortho intramolecular Hbond substituents is 1. The fourth-order valence-corrected chi connectivity index (χ4v) is 2.69. The maximum Gasteiger partial charge on any atom is 0.150 e. The lowest BCUT2D eigenvalue weighted by Gasteiger charge is -2.31. The molecule has 0 aromatic heterocycles. The first-order valence-electron chi connectivity index (χ1n) is 6.47. The fourth-order valence-electron chi connectivity index (χ4n) is 2.69. The van der Waals surface area contributed by atoms with Crippen LogP contribution in [0.5, 0.6) is 5.75 Å². The van der Waals surface area contributed by atoms with Gasteiger partial charge in [-0.3, -0.25) is 9.79 Å². The van der Waals surface area contributed by atoms with Crippen molar-refractivity contribution in [3.63, 3.8) is 0 Å². The number of aromatic hydroxyl groups is 1. The summed E-state index contributed by atoms with van der Waals surface area (Å²) in [4.78, 5) is 15.5. The highest BCUT2D eigenvalue weighted by Crippen LogP contribution is 2.38. The van der Waals surface area contributed by atoms with Gasteiger partial charge < -0.3 is 10.4 Å². The van der Waals surface area contributed by atoms with Gasteiger partial charge in [-0.1, -0.05) is 18.2 Å². The summed E-state index contributed by atoms with van der Waals surface area (Å²) in [7, 11) is 0. The first-order chi connectivity index (χ1) is 10.2. The lowest BCUT2D eigenvalue weighted by atomic mass is 9.80. The van der Waals surface area contributed by atoms with Crippen LogP contribution in [0.4, 0.5) is 4.39 Å².